The summed E-state index contributed by atoms with van der Waals surface area (Å²) in [5.41, 5.74) is 5.81. The maximum absolute atomic E-state index is 13.0. The molecule has 8 heteroatoms. The van der Waals surface area contributed by atoms with Gasteiger partial charge >= 0.3 is 0 Å². The molecule has 1 amide bonds. The van der Waals surface area contributed by atoms with E-state index in [0.717, 1.165) is 11.1 Å². The van der Waals surface area contributed by atoms with Crippen molar-refractivity contribution in [2.24, 2.45) is 5.10 Å². The highest BCUT2D eigenvalue weighted by Gasteiger charge is 2.20. The molecule has 0 saturated carbocycles. The van der Waals surface area contributed by atoms with Gasteiger partial charge in [0, 0.05) is 19.2 Å². The molecule has 0 aliphatic carbocycles. The first-order valence-corrected chi connectivity index (χ1v) is 11.3. The van der Waals surface area contributed by atoms with Crippen LogP contribution in [0.1, 0.15) is 34.0 Å². The Morgan fingerprint density at radius 3 is 2.09 bits per heavy atom. The van der Waals surface area contributed by atoms with Gasteiger partial charge in [-0.2, -0.15) is 9.41 Å². The van der Waals surface area contributed by atoms with Crippen LogP contribution in [0.2, 0.25) is 0 Å². The van der Waals surface area contributed by atoms with Crippen LogP contribution >= 0.6 is 0 Å². The lowest BCUT2D eigenvalue weighted by Crippen LogP contribution is -2.26. The minimum Gasteiger partial charge on any atom is -0.267 e. The molecule has 0 fully saturated rings. The number of sulfonamides is 1. The molecule has 0 aliphatic heterocycles. The van der Waals surface area contributed by atoms with Crippen LogP contribution in [0.5, 0.6) is 0 Å². The summed E-state index contributed by atoms with van der Waals surface area (Å²) in [5, 5.41) is 4.05. The van der Waals surface area contributed by atoms with E-state index >= 15 is 0 Å². The molecule has 0 radical (unpaired) electrons. The summed E-state index contributed by atoms with van der Waals surface area (Å²) >= 11 is 0. The second-order valence-electron chi connectivity index (χ2n) is 7.42. The second-order valence-corrected chi connectivity index (χ2v) is 9.46. The van der Waals surface area contributed by atoms with Gasteiger partial charge in [-0.25, -0.2) is 18.2 Å². The van der Waals surface area contributed by atoms with E-state index in [2.05, 4.69) is 10.5 Å². The summed E-state index contributed by atoms with van der Waals surface area (Å²) < 4.78 is 39.8. The third-order valence-electron chi connectivity index (χ3n) is 4.94. The van der Waals surface area contributed by atoms with Crippen molar-refractivity contribution < 1.29 is 17.6 Å². The summed E-state index contributed by atoms with van der Waals surface area (Å²) in [6.45, 7) is 3.77. The van der Waals surface area contributed by atoms with Gasteiger partial charge < -0.3 is 0 Å². The van der Waals surface area contributed by atoms with E-state index in [0.29, 0.717) is 16.8 Å². The largest absolute Gasteiger partial charge is 0.271 e. The summed E-state index contributed by atoms with van der Waals surface area (Å²) in [6.07, 6.45) is 0. The molecule has 0 saturated heterocycles. The lowest BCUT2D eigenvalue weighted by atomic mass is 10.1. The van der Waals surface area contributed by atoms with Gasteiger partial charge in [0.1, 0.15) is 5.82 Å². The van der Waals surface area contributed by atoms with E-state index in [1.54, 1.807) is 67.6 Å². The highest BCUT2D eigenvalue weighted by molar-refractivity contribution is 7.89. The molecule has 3 aromatic rings. The van der Waals surface area contributed by atoms with Gasteiger partial charge in [-0.05, 0) is 61.4 Å². The van der Waals surface area contributed by atoms with Crippen LogP contribution in [0.15, 0.2) is 82.8 Å². The second kappa shape index (κ2) is 9.84. The molecule has 0 heterocycles. The number of benzene rings is 3. The topological polar surface area (TPSA) is 78.8 Å². The number of halogens is 1. The zero-order chi connectivity index (χ0) is 23.3. The van der Waals surface area contributed by atoms with Crippen molar-refractivity contribution in [1.82, 2.24) is 9.73 Å². The number of carbonyl (C=O) groups is 1. The third kappa shape index (κ3) is 5.66. The first kappa shape index (κ1) is 23.3. The number of carbonyl (C=O) groups excluding carboxylic acids is 1. The van der Waals surface area contributed by atoms with E-state index in [4.69, 9.17) is 0 Å². The van der Waals surface area contributed by atoms with Crippen LogP contribution in [0.25, 0.3) is 0 Å². The summed E-state index contributed by atoms with van der Waals surface area (Å²) in [5.74, 6) is -0.748. The Labute approximate surface area is 187 Å². The molecule has 3 aromatic carbocycles. The summed E-state index contributed by atoms with van der Waals surface area (Å²) in [7, 11) is -2.10. The van der Waals surface area contributed by atoms with Crippen LogP contribution in [-0.2, 0) is 16.6 Å². The third-order valence-corrected chi connectivity index (χ3v) is 6.76. The number of aryl methyl sites for hydroxylation is 1. The number of amides is 1. The average molecular weight is 454 g/mol. The van der Waals surface area contributed by atoms with E-state index in [-0.39, 0.29) is 17.3 Å². The summed E-state index contributed by atoms with van der Waals surface area (Å²) in [6, 6.07) is 19.1. The maximum atomic E-state index is 13.0. The Bertz CT molecular complexity index is 1220. The van der Waals surface area contributed by atoms with Crippen LogP contribution in [-0.4, -0.2) is 31.4 Å². The molecule has 1 N–H and O–H groups in total. The van der Waals surface area contributed by atoms with Crippen LogP contribution in [0, 0.1) is 12.7 Å². The number of rotatable bonds is 7. The molecular formula is C24H24FN3O3S. The van der Waals surface area contributed by atoms with Gasteiger partial charge in [0.05, 0.1) is 10.6 Å². The Hall–Kier alpha value is -3.36. The van der Waals surface area contributed by atoms with Gasteiger partial charge in [0.15, 0.2) is 0 Å². The fraction of sp³-hybridized carbons (Fsp3) is 0.167. The van der Waals surface area contributed by atoms with Crippen LogP contribution in [0.4, 0.5) is 4.39 Å². The Morgan fingerprint density at radius 2 is 1.50 bits per heavy atom. The zero-order valence-electron chi connectivity index (χ0n) is 18.0. The molecule has 6 nitrogen and oxygen atoms in total. The lowest BCUT2D eigenvalue weighted by molar-refractivity contribution is 0.0955. The zero-order valence-corrected chi connectivity index (χ0v) is 18.9. The average Bonchev–Trinajstić information content (AvgIpc) is 2.78. The van der Waals surface area contributed by atoms with Crippen molar-refractivity contribution in [3.8, 4) is 0 Å². The Morgan fingerprint density at radius 1 is 0.938 bits per heavy atom. The molecular weight excluding hydrogens is 429 g/mol. The molecule has 0 aromatic heterocycles. The lowest BCUT2D eigenvalue weighted by Gasteiger charge is -2.17. The molecule has 0 spiro atoms. The number of hydrazone groups is 1. The van der Waals surface area contributed by atoms with E-state index in [1.807, 2.05) is 6.92 Å². The van der Waals surface area contributed by atoms with Crippen molar-refractivity contribution in [3.63, 3.8) is 0 Å². The summed E-state index contributed by atoms with van der Waals surface area (Å²) in [4.78, 5) is 12.6. The number of nitrogens with zero attached hydrogens (tertiary/aromatic N) is 2. The van der Waals surface area contributed by atoms with E-state index < -0.39 is 15.9 Å². The van der Waals surface area contributed by atoms with Gasteiger partial charge in [-0.1, -0.05) is 42.0 Å². The van der Waals surface area contributed by atoms with Gasteiger partial charge in [-0.3, -0.25) is 4.79 Å². The SMILES string of the molecule is CC(=NNC(=O)c1ccc(CN(C)S(=O)(=O)c2ccc(C)cc2)cc1)c1ccc(F)cc1. The van der Waals surface area contributed by atoms with Crippen LogP contribution < -0.4 is 5.43 Å². The highest BCUT2D eigenvalue weighted by atomic mass is 32.2. The molecule has 166 valence electrons. The predicted octanol–water partition coefficient (Wildman–Crippen LogP) is 4.11. The minimum atomic E-state index is -3.61. The van der Waals surface area contributed by atoms with Gasteiger partial charge in [0.25, 0.3) is 5.91 Å². The molecule has 0 atom stereocenters. The molecule has 32 heavy (non-hydrogen) atoms. The van der Waals surface area contributed by atoms with Crippen LogP contribution in [0.3, 0.4) is 0 Å². The first-order valence-electron chi connectivity index (χ1n) is 9.89. The fourth-order valence-electron chi connectivity index (χ4n) is 2.95. The highest BCUT2D eigenvalue weighted by Crippen LogP contribution is 2.17. The number of nitrogens with one attached hydrogen (secondary N) is 1. The van der Waals surface area contributed by atoms with E-state index in [9.17, 15) is 17.6 Å². The molecule has 0 aliphatic rings. The van der Waals surface area contributed by atoms with Crippen molar-refractivity contribution in [3.05, 3.63) is 101 Å². The molecule has 0 bridgehead atoms. The van der Waals surface area contributed by atoms with Gasteiger partial charge in [-0.15, -0.1) is 0 Å². The van der Waals surface area contributed by atoms with Crippen molar-refractivity contribution in [2.75, 3.05) is 7.05 Å². The van der Waals surface area contributed by atoms with E-state index in [1.165, 1.54) is 23.5 Å². The molecule has 0 unspecified atom stereocenters. The van der Waals surface area contributed by atoms with Crippen molar-refractivity contribution in [1.29, 1.82) is 0 Å². The number of hydrogen-bond acceptors (Lipinski definition) is 4. The Balaban J connectivity index is 1.64. The minimum absolute atomic E-state index is 0.167. The fourth-order valence-corrected chi connectivity index (χ4v) is 4.11. The van der Waals surface area contributed by atoms with Gasteiger partial charge in [0.2, 0.25) is 10.0 Å². The van der Waals surface area contributed by atoms with Crippen molar-refractivity contribution >= 4 is 21.6 Å². The standard InChI is InChI=1S/C24H24FN3O3S/c1-17-4-14-23(15-5-17)32(30,31)28(3)16-19-6-8-21(9-7-19)24(29)27-26-18(2)20-10-12-22(25)13-11-20/h4-15H,16H2,1-3H3,(H,27,29). The number of hydrogen-bond donors (Lipinski definition) is 1. The monoisotopic (exact) mass is 453 g/mol. The first-order chi connectivity index (χ1) is 15.2. The predicted molar refractivity (Wildman–Crippen MR) is 122 cm³/mol. The smallest absolute Gasteiger partial charge is 0.267 e. The maximum Gasteiger partial charge on any atom is 0.271 e. The quantitative estimate of drug-likeness (QED) is 0.432. The van der Waals surface area contributed by atoms with Crippen molar-refractivity contribution in [2.45, 2.75) is 25.3 Å². The normalized spacial score (nSPS) is 12.1. The molecule has 3 rings (SSSR count). The Kier molecular flexibility index (Phi) is 7.17.